The normalized spacial score (nSPS) is 10.2. The van der Waals surface area contributed by atoms with Gasteiger partial charge in [0, 0.05) is 18.1 Å². The highest BCUT2D eigenvalue weighted by Crippen LogP contribution is 2.14. The summed E-state index contributed by atoms with van der Waals surface area (Å²) in [7, 11) is 0. The smallest absolute Gasteiger partial charge is 0.338 e. The van der Waals surface area contributed by atoms with Gasteiger partial charge < -0.3 is 9.67 Å². The first-order valence-corrected chi connectivity index (χ1v) is 4.34. The molecule has 1 N–H and O–H groups in total. The number of rotatable bonds is 2. The van der Waals surface area contributed by atoms with Crippen LogP contribution in [-0.4, -0.2) is 15.6 Å². The molecule has 15 heavy (non-hydrogen) atoms. The van der Waals surface area contributed by atoms with Crippen LogP contribution < -0.4 is 0 Å². The van der Waals surface area contributed by atoms with Gasteiger partial charge in [-0.1, -0.05) is 0 Å². The van der Waals surface area contributed by atoms with Crippen LogP contribution in [0.15, 0.2) is 42.7 Å². The molecule has 0 saturated carbocycles. The maximum absolute atomic E-state index is 13.1. The van der Waals surface area contributed by atoms with E-state index in [1.54, 1.807) is 17.0 Å². The molecule has 1 aromatic carbocycles. The van der Waals surface area contributed by atoms with Crippen molar-refractivity contribution in [2.75, 3.05) is 0 Å². The van der Waals surface area contributed by atoms with Crippen LogP contribution in [0.1, 0.15) is 10.4 Å². The van der Waals surface area contributed by atoms with Gasteiger partial charge in [0.05, 0.1) is 5.56 Å². The SMILES string of the molecule is O=C(O)c1cc(-n2cccc2)ccc1F. The molecule has 0 aliphatic rings. The van der Waals surface area contributed by atoms with Gasteiger partial charge in [-0.3, -0.25) is 0 Å². The number of aromatic carboxylic acids is 1. The zero-order chi connectivity index (χ0) is 10.8. The van der Waals surface area contributed by atoms with Gasteiger partial charge in [0.2, 0.25) is 0 Å². The van der Waals surface area contributed by atoms with Gasteiger partial charge in [-0.05, 0) is 30.3 Å². The minimum atomic E-state index is -1.26. The Hall–Kier alpha value is -2.10. The molecule has 0 amide bonds. The first-order chi connectivity index (χ1) is 7.18. The van der Waals surface area contributed by atoms with Crippen LogP contribution in [0.3, 0.4) is 0 Å². The van der Waals surface area contributed by atoms with E-state index in [4.69, 9.17) is 5.11 Å². The number of carboxylic acids is 1. The molecule has 3 nitrogen and oxygen atoms in total. The van der Waals surface area contributed by atoms with E-state index >= 15 is 0 Å². The van der Waals surface area contributed by atoms with Crippen LogP contribution in [0, 0.1) is 5.82 Å². The standard InChI is InChI=1S/C11H8FNO2/c12-10-4-3-8(7-9(10)11(14)15)13-5-1-2-6-13/h1-7H,(H,14,15). The molecule has 0 atom stereocenters. The minimum absolute atomic E-state index is 0.318. The summed E-state index contributed by atoms with van der Waals surface area (Å²) in [5, 5.41) is 8.74. The van der Waals surface area contributed by atoms with Crippen LogP contribution in [0.2, 0.25) is 0 Å². The van der Waals surface area contributed by atoms with E-state index in [1.165, 1.54) is 12.1 Å². The topological polar surface area (TPSA) is 42.2 Å². The van der Waals surface area contributed by atoms with Crippen LogP contribution in [0.4, 0.5) is 4.39 Å². The highest BCUT2D eigenvalue weighted by Gasteiger charge is 2.10. The number of hydrogen-bond donors (Lipinski definition) is 1. The molecule has 1 aromatic heterocycles. The summed E-state index contributed by atoms with van der Waals surface area (Å²) in [6.45, 7) is 0. The Morgan fingerprint density at radius 3 is 2.53 bits per heavy atom. The van der Waals surface area contributed by atoms with E-state index in [9.17, 15) is 9.18 Å². The van der Waals surface area contributed by atoms with Crippen molar-refractivity contribution in [1.29, 1.82) is 0 Å². The summed E-state index contributed by atoms with van der Waals surface area (Å²) in [6.07, 6.45) is 3.53. The number of carboxylic acid groups (broad SMARTS) is 1. The third-order valence-electron chi connectivity index (χ3n) is 2.08. The second-order valence-electron chi connectivity index (χ2n) is 3.06. The van der Waals surface area contributed by atoms with E-state index in [-0.39, 0.29) is 5.56 Å². The molecule has 0 saturated heterocycles. The van der Waals surface area contributed by atoms with Crippen molar-refractivity contribution in [3.05, 3.63) is 54.1 Å². The predicted octanol–water partition coefficient (Wildman–Crippen LogP) is 2.31. The molecule has 0 radical (unpaired) electrons. The van der Waals surface area contributed by atoms with Crippen molar-refractivity contribution in [3.8, 4) is 5.69 Å². The molecular formula is C11H8FNO2. The molecule has 76 valence electrons. The quantitative estimate of drug-likeness (QED) is 0.817. The second-order valence-corrected chi connectivity index (χ2v) is 3.06. The first-order valence-electron chi connectivity index (χ1n) is 4.34. The van der Waals surface area contributed by atoms with Crippen LogP contribution in [0.5, 0.6) is 0 Å². The van der Waals surface area contributed by atoms with Crippen LogP contribution in [-0.2, 0) is 0 Å². The molecule has 0 aliphatic carbocycles. The van der Waals surface area contributed by atoms with Crippen molar-refractivity contribution in [2.45, 2.75) is 0 Å². The van der Waals surface area contributed by atoms with Crippen molar-refractivity contribution >= 4 is 5.97 Å². The first kappa shape index (κ1) is 9.45. The van der Waals surface area contributed by atoms with Crippen molar-refractivity contribution in [3.63, 3.8) is 0 Å². The third-order valence-corrected chi connectivity index (χ3v) is 2.08. The summed E-state index contributed by atoms with van der Waals surface area (Å²) in [5.41, 5.74) is 0.306. The second kappa shape index (κ2) is 3.57. The van der Waals surface area contributed by atoms with Gasteiger partial charge in [-0.15, -0.1) is 0 Å². The number of aromatic nitrogens is 1. The fourth-order valence-electron chi connectivity index (χ4n) is 1.34. The van der Waals surface area contributed by atoms with Gasteiger partial charge in [-0.2, -0.15) is 0 Å². The largest absolute Gasteiger partial charge is 0.478 e. The van der Waals surface area contributed by atoms with Crippen molar-refractivity contribution in [1.82, 2.24) is 4.57 Å². The zero-order valence-electron chi connectivity index (χ0n) is 7.72. The Labute approximate surface area is 85.4 Å². The number of benzene rings is 1. The van der Waals surface area contributed by atoms with E-state index in [0.29, 0.717) is 5.69 Å². The van der Waals surface area contributed by atoms with Crippen LogP contribution >= 0.6 is 0 Å². The molecule has 2 aromatic rings. The lowest BCUT2D eigenvalue weighted by molar-refractivity contribution is 0.0692. The zero-order valence-corrected chi connectivity index (χ0v) is 7.72. The fraction of sp³-hybridized carbons (Fsp3) is 0. The molecular weight excluding hydrogens is 197 g/mol. The lowest BCUT2D eigenvalue weighted by atomic mass is 10.2. The Kier molecular flexibility index (Phi) is 2.25. The summed E-state index contributed by atoms with van der Waals surface area (Å²) in [6, 6.07) is 7.60. The fourth-order valence-corrected chi connectivity index (χ4v) is 1.34. The average molecular weight is 205 g/mol. The lowest BCUT2D eigenvalue weighted by Gasteiger charge is -2.04. The molecule has 2 rings (SSSR count). The van der Waals surface area contributed by atoms with Crippen molar-refractivity contribution in [2.24, 2.45) is 0 Å². The molecule has 1 heterocycles. The molecule has 0 bridgehead atoms. The molecule has 0 fully saturated rings. The maximum atomic E-state index is 13.1. The number of hydrogen-bond acceptors (Lipinski definition) is 1. The average Bonchev–Trinajstić information content (AvgIpc) is 2.71. The lowest BCUT2D eigenvalue weighted by Crippen LogP contribution is -2.02. The number of carbonyl (C=O) groups is 1. The molecule has 0 spiro atoms. The minimum Gasteiger partial charge on any atom is -0.478 e. The monoisotopic (exact) mass is 205 g/mol. The number of halogens is 1. The Morgan fingerprint density at radius 2 is 1.93 bits per heavy atom. The summed E-state index contributed by atoms with van der Waals surface area (Å²) >= 11 is 0. The van der Waals surface area contributed by atoms with E-state index in [1.807, 2.05) is 12.1 Å². The van der Waals surface area contributed by atoms with E-state index < -0.39 is 11.8 Å². The van der Waals surface area contributed by atoms with Crippen molar-refractivity contribution < 1.29 is 14.3 Å². The van der Waals surface area contributed by atoms with Gasteiger partial charge >= 0.3 is 5.97 Å². The Bertz CT molecular complexity index is 491. The molecule has 0 unspecified atom stereocenters. The van der Waals surface area contributed by atoms with Gasteiger partial charge in [-0.25, -0.2) is 9.18 Å². The highest BCUT2D eigenvalue weighted by atomic mass is 19.1. The van der Waals surface area contributed by atoms with Crippen LogP contribution in [0.25, 0.3) is 5.69 Å². The maximum Gasteiger partial charge on any atom is 0.338 e. The van der Waals surface area contributed by atoms with Gasteiger partial charge in [0.15, 0.2) is 0 Å². The van der Waals surface area contributed by atoms with Gasteiger partial charge in [0.25, 0.3) is 0 Å². The third kappa shape index (κ3) is 1.74. The predicted molar refractivity (Wildman–Crippen MR) is 52.7 cm³/mol. The molecule has 4 heteroatoms. The Morgan fingerprint density at radius 1 is 1.27 bits per heavy atom. The van der Waals surface area contributed by atoms with E-state index in [2.05, 4.69) is 0 Å². The number of nitrogens with zero attached hydrogens (tertiary/aromatic N) is 1. The van der Waals surface area contributed by atoms with E-state index in [0.717, 1.165) is 6.07 Å². The summed E-state index contributed by atoms with van der Waals surface area (Å²) < 4.78 is 14.8. The molecule has 0 aliphatic heterocycles. The Balaban J connectivity index is 2.52. The highest BCUT2D eigenvalue weighted by molar-refractivity contribution is 5.88. The summed E-state index contributed by atoms with van der Waals surface area (Å²) in [5.74, 6) is -1.99. The van der Waals surface area contributed by atoms with Gasteiger partial charge in [0.1, 0.15) is 5.82 Å². The summed E-state index contributed by atoms with van der Waals surface area (Å²) in [4.78, 5) is 10.7.